The van der Waals surface area contributed by atoms with Crippen molar-refractivity contribution in [2.45, 2.75) is 80.1 Å². The molecule has 3 nitrogen and oxygen atoms in total. The van der Waals surface area contributed by atoms with Crippen LogP contribution in [-0.4, -0.2) is 12.5 Å². The molecule has 0 radical (unpaired) electrons. The van der Waals surface area contributed by atoms with Gasteiger partial charge >= 0.3 is 0 Å². The fraction of sp³-hybridized carbons (Fsp3) is 0.424. The van der Waals surface area contributed by atoms with Gasteiger partial charge in [0, 0.05) is 16.8 Å². The molecule has 1 amide bonds. The summed E-state index contributed by atoms with van der Waals surface area (Å²) in [6.45, 7) is 13.3. The number of hydrogen-bond donors (Lipinski definition) is 1. The van der Waals surface area contributed by atoms with Gasteiger partial charge in [0.1, 0.15) is 11.6 Å². The third-order valence-electron chi connectivity index (χ3n) is 7.25. The van der Waals surface area contributed by atoms with Crippen molar-refractivity contribution in [2.24, 2.45) is 5.41 Å². The summed E-state index contributed by atoms with van der Waals surface area (Å²) in [6, 6.07) is 12.6. The lowest BCUT2D eigenvalue weighted by Gasteiger charge is -2.33. The molecule has 4 heteroatoms. The van der Waals surface area contributed by atoms with E-state index in [0.717, 1.165) is 37.0 Å². The number of benzene rings is 2. The van der Waals surface area contributed by atoms with Crippen molar-refractivity contribution < 1.29 is 13.9 Å². The summed E-state index contributed by atoms with van der Waals surface area (Å²) in [5, 5.41) is 2.93. The SMILES string of the molecule is CCCCOc1ccc(NC(=O)c2ccc(C(F)=C(C)C=CC3=C(C)CCCC3(C)C)c(CC)c2)cc1. The van der Waals surface area contributed by atoms with Gasteiger partial charge in [-0.05, 0) is 104 Å². The molecule has 1 N–H and O–H groups in total. The lowest BCUT2D eigenvalue weighted by Crippen LogP contribution is -2.19. The van der Waals surface area contributed by atoms with Gasteiger partial charge in [0.25, 0.3) is 5.91 Å². The van der Waals surface area contributed by atoms with E-state index in [-0.39, 0.29) is 17.1 Å². The van der Waals surface area contributed by atoms with Crippen molar-refractivity contribution in [1.82, 2.24) is 0 Å². The Bertz CT molecular complexity index is 1190. The Labute approximate surface area is 222 Å². The van der Waals surface area contributed by atoms with Crippen LogP contribution in [0.1, 0.15) is 95.1 Å². The summed E-state index contributed by atoms with van der Waals surface area (Å²) in [5.74, 6) is 0.323. The lowest BCUT2D eigenvalue weighted by molar-refractivity contribution is 0.102. The van der Waals surface area contributed by atoms with E-state index in [2.05, 4.69) is 39.1 Å². The van der Waals surface area contributed by atoms with Gasteiger partial charge in [-0.15, -0.1) is 0 Å². The van der Waals surface area contributed by atoms with Crippen LogP contribution in [0.5, 0.6) is 5.75 Å². The monoisotopic (exact) mass is 503 g/mol. The highest BCUT2D eigenvalue weighted by molar-refractivity contribution is 6.04. The smallest absolute Gasteiger partial charge is 0.255 e. The second-order valence-corrected chi connectivity index (χ2v) is 10.7. The van der Waals surface area contributed by atoms with Crippen molar-refractivity contribution in [1.29, 1.82) is 0 Å². The van der Waals surface area contributed by atoms with E-state index in [1.807, 2.05) is 44.2 Å². The first-order chi connectivity index (χ1) is 17.7. The highest BCUT2D eigenvalue weighted by atomic mass is 19.1. The molecule has 1 aliphatic carbocycles. The largest absolute Gasteiger partial charge is 0.494 e. The quantitative estimate of drug-likeness (QED) is 0.259. The molecule has 2 aromatic rings. The zero-order chi connectivity index (χ0) is 27.0. The van der Waals surface area contributed by atoms with E-state index >= 15 is 4.39 Å². The molecule has 0 fully saturated rings. The van der Waals surface area contributed by atoms with Gasteiger partial charge in [0.05, 0.1) is 6.61 Å². The number of unbranched alkanes of at least 4 members (excludes halogenated alkanes) is 1. The summed E-state index contributed by atoms with van der Waals surface area (Å²) in [4.78, 5) is 12.9. The fourth-order valence-corrected chi connectivity index (χ4v) is 4.92. The number of carbonyl (C=O) groups excluding carboxylic acids is 1. The number of rotatable bonds is 10. The molecule has 2 aromatic carbocycles. The standard InChI is InChI=1S/C33H42FNO2/c1-7-9-21-37-28-16-14-27(15-17-28)35-32(36)26-13-18-29(25(8-2)22-26)31(34)24(4)12-19-30-23(3)11-10-20-33(30,5)6/h12-19,22H,7-11,20-21H2,1-6H3,(H,35,36). The summed E-state index contributed by atoms with van der Waals surface area (Å²) in [6.07, 6.45) is 10.2. The zero-order valence-electron chi connectivity index (χ0n) is 23.3. The molecule has 37 heavy (non-hydrogen) atoms. The molecule has 0 aliphatic heterocycles. The Hall–Kier alpha value is -3.14. The summed E-state index contributed by atoms with van der Waals surface area (Å²) in [7, 11) is 0. The van der Waals surface area contributed by atoms with Crippen LogP contribution < -0.4 is 10.1 Å². The number of amides is 1. The van der Waals surface area contributed by atoms with Gasteiger partial charge in [-0.3, -0.25) is 4.79 Å². The van der Waals surface area contributed by atoms with Crippen molar-refractivity contribution in [3.8, 4) is 5.75 Å². The van der Waals surface area contributed by atoms with E-state index in [9.17, 15) is 4.79 Å². The predicted octanol–water partition coefficient (Wildman–Crippen LogP) is 9.46. The Balaban J connectivity index is 1.75. The third-order valence-corrected chi connectivity index (χ3v) is 7.25. The predicted molar refractivity (Wildman–Crippen MR) is 154 cm³/mol. The first-order valence-corrected chi connectivity index (χ1v) is 13.6. The van der Waals surface area contributed by atoms with Crippen molar-refractivity contribution in [3.05, 3.63) is 88.0 Å². The van der Waals surface area contributed by atoms with Gasteiger partial charge in [0.15, 0.2) is 0 Å². The maximum absolute atomic E-state index is 15.5. The molecular weight excluding hydrogens is 461 g/mol. The number of halogens is 1. The van der Waals surface area contributed by atoms with E-state index < -0.39 is 0 Å². The normalized spacial score (nSPS) is 16.1. The Morgan fingerprint density at radius 2 is 1.86 bits per heavy atom. The fourth-order valence-electron chi connectivity index (χ4n) is 4.92. The first kappa shape index (κ1) is 28.4. The van der Waals surface area contributed by atoms with Crippen LogP contribution in [-0.2, 0) is 6.42 Å². The number of hydrogen-bond acceptors (Lipinski definition) is 2. The molecule has 198 valence electrons. The van der Waals surface area contributed by atoms with Gasteiger partial charge in [-0.25, -0.2) is 4.39 Å². The van der Waals surface area contributed by atoms with Crippen LogP contribution in [0.15, 0.2) is 71.3 Å². The summed E-state index contributed by atoms with van der Waals surface area (Å²) in [5.41, 5.74) is 5.97. The molecule has 0 saturated heterocycles. The second-order valence-electron chi connectivity index (χ2n) is 10.7. The topological polar surface area (TPSA) is 38.3 Å². The lowest BCUT2D eigenvalue weighted by atomic mass is 9.72. The Morgan fingerprint density at radius 1 is 1.14 bits per heavy atom. The number of allylic oxidation sites excluding steroid dienone is 5. The summed E-state index contributed by atoms with van der Waals surface area (Å²) < 4.78 is 21.2. The van der Waals surface area contributed by atoms with Crippen molar-refractivity contribution in [3.63, 3.8) is 0 Å². The van der Waals surface area contributed by atoms with Gasteiger partial charge < -0.3 is 10.1 Å². The molecule has 3 rings (SSSR count). The number of aryl methyl sites for hydroxylation is 1. The highest BCUT2D eigenvalue weighted by Crippen LogP contribution is 2.41. The molecule has 0 atom stereocenters. The molecule has 0 spiro atoms. The second kappa shape index (κ2) is 12.9. The third kappa shape index (κ3) is 7.44. The molecular formula is C33H42FNO2. The summed E-state index contributed by atoms with van der Waals surface area (Å²) >= 11 is 0. The minimum absolute atomic E-state index is 0.113. The van der Waals surface area contributed by atoms with Crippen LogP contribution in [0.4, 0.5) is 10.1 Å². The van der Waals surface area contributed by atoms with E-state index in [1.54, 1.807) is 18.2 Å². The minimum Gasteiger partial charge on any atom is -0.494 e. The molecule has 0 aromatic heterocycles. The zero-order valence-corrected chi connectivity index (χ0v) is 23.3. The van der Waals surface area contributed by atoms with E-state index in [1.165, 1.54) is 17.6 Å². The number of ether oxygens (including phenoxy) is 1. The van der Waals surface area contributed by atoms with Crippen LogP contribution in [0.25, 0.3) is 5.83 Å². The molecule has 0 saturated carbocycles. The average molecular weight is 504 g/mol. The molecule has 0 unspecified atom stereocenters. The molecule has 0 bridgehead atoms. The van der Waals surface area contributed by atoms with Gasteiger partial charge in [0.2, 0.25) is 0 Å². The highest BCUT2D eigenvalue weighted by Gasteiger charge is 2.26. The van der Waals surface area contributed by atoms with Crippen molar-refractivity contribution >= 4 is 17.4 Å². The van der Waals surface area contributed by atoms with Gasteiger partial charge in [-0.2, -0.15) is 0 Å². The molecule has 0 heterocycles. The van der Waals surface area contributed by atoms with Crippen LogP contribution in [0.3, 0.4) is 0 Å². The average Bonchev–Trinajstić information content (AvgIpc) is 2.88. The maximum atomic E-state index is 15.5. The van der Waals surface area contributed by atoms with E-state index in [4.69, 9.17) is 4.74 Å². The maximum Gasteiger partial charge on any atom is 0.255 e. The van der Waals surface area contributed by atoms with Crippen LogP contribution in [0, 0.1) is 5.41 Å². The van der Waals surface area contributed by atoms with E-state index in [0.29, 0.717) is 35.4 Å². The minimum atomic E-state index is -0.245. The number of carbonyl (C=O) groups is 1. The number of nitrogens with one attached hydrogen (secondary N) is 1. The number of anilines is 1. The Kier molecular flexibility index (Phi) is 9.91. The van der Waals surface area contributed by atoms with Crippen molar-refractivity contribution in [2.75, 3.05) is 11.9 Å². The van der Waals surface area contributed by atoms with Gasteiger partial charge in [-0.1, -0.05) is 57.9 Å². The van der Waals surface area contributed by atoms with Crippen LogP contribution >= 0.6 is 0 Å². The molecule has 1 aliphatic rings. The first-order valence-electron chi connectivity index (χ1n) is 13.6. The Morgan fingerprint density at radius 3 is 2.51 bits per heavy atom. The van der Waals surface area contributed by atoms with Crippen LogP contribution in [0.2, 0.25) is 0 Å².